The Balaban J connectivity index is 2.02. The number of hydrogen-bond acceptors (Lipinski definition) is 2. The summed E-state index contributed by atoms with van der Waals surface area (Å²) < 4.78 is 5.56. The number of carbonyl (C=O) groups is 1. The Morgan fingerprint density at radius 3 is 3.00 bits per heavy atom. The molecule has 4 heteroatoms. The van der Waals surface area contributed by atoms with Gasteiger partial charge in [-0.05, 0) is 25.0 Å². The molecule has 2 rings (SSSR count). The van der Waals surface area contributed by atoms with Crippen molar-refractivity contribution in [3.8, 4) is 0 Å². The van der Waals surface area contributed by atoms with Crippen molar-refractivity contribution in [3.05, 3.63) is 34.9 Å². The van der Waals surface area contributed by atoms with Gasteiger partial charge in [0, 0.05) is 18.4 Å². The fourth-order valence-corrected chi connectivity index (χ4v) is 2.70. The molecule has 0 saturated carbocycles. The Labute approximate surface area is 123 Å². The van der Waals surface area contributed by atoms with Crippen LogP contribution in [0.3, 0.4) is 0 Å². The van der Waals surface area contributed by atoms with Gasteiger partial charge >= 0.3 is 0 Å². The molecular formula is C15H20BrNO2. The summed E-state index contributed by atoms with van der Waals surface area (Å²) in [5.41, 5.74) is 3.52. The maximum atomic E-state index is 12.3. The molecule has 0 N–H and O–H groups in total. The Morgan fingerprint density at radius 2 is 2.26 bits per heavy atom. The topological polar surface area (TPSA) is 29.5 Å². The van der Waals surface area contributed by atoms with Gasteiger partial charge in [0.05, 0.1) is 19.1 Å². The van der Waals surface area contributed by atoms with Gasteiger partial charge in [-0.25, -0.2) is 0 Å². The lowest BCUT2D eigenvalue weighted by atomic mass is 10.0. The maximum absolute atomic E-state index is 12.3. The second-order valence-corrected chi connectivity index (χ2v) is 5.74. The lowest BCUT2D eigenvalue weighted by Gasteiger charge is -2.32. The first-order valence-corrected chi connectivity index (χ1v) is 7.73. The number of morpholine rings is 1. The summed E-state index contributed by atoms with van der Waals surface area (Å²) in [5, 5.41) is 0.778. The van der Waals surface area contributed by atoms with Crippen LogP contribution in [0.15, 0.2) is 18.2 Å². The van der Waals surface area contributed by atoms with Crippen molar-refractivity contribution < 1.29 is 9.53 Å². The van der Waals surface area contributed by atoms with Crippen LogP contribution in [0.25, 0.3) is 0 Å². The fourth-order valence-electron chi connectivity index (χ4n) is 2.30. The highest BCUT2D eigenvalue weighted by Gasteiger charge is 2.23. The van der Waals surface area contributed by atoms with Crippen molar-refractivity contribution >= 4 is 21.8 Å². The van der Waals surface area contributed by atoms with Crippen molar-refractivity contribution in [3.63, 3.8) is 0 Å². The molecule has 1 aliphatic rings. The summed E-state index contributed by atoms with van der Waals surface area (Å²) in [6, 6.07) is 6.27. The van der Waals surface area contributed by atoms with Gasteiger partial charge in [-0.15, -0.1) is 0 Å². The Hall–Kier alpha value is -0.870. The quantitative estimate of drug-likeness (QED) is 0.799. The molecule has 104 valence electrons. The molecule has 1 saturated heterocycles. The molecule has 1 heterocycles. The molecular weight excluding hydrogens is 306 g/mol. The first-order valence-electron chi connectivity index (χ1n) is 6.61. The number of hydrogen-bond donors (Lipinski definition) is 0. The van der Waals surface area contributed by atoms with Crippen molar-refractivity contribution in [2.45, 2.75) is 26.4 Å². The van der Waals surface area contributed by atoms with E-state index in [0.29, 0.717) is 26.1 Å². The van der Waals surface area contributed by atoms with Gasteiger partial charge in [-0.3, -0.25) is 4.79 Å². The molecule has 19 heavy (non-hydrogen) atoms. The van der Waals surface area contributed by atoms with Gasteiger partial charge in [0.1, 0.15) is 0 Å². The van der Waals surface area contributed by atoms with Gasteiger partial charge in [0.15, 0.2) is 0 Å². The monoisotopic (exact) mass is 325 g/mol. The predicted molar refractivity (Wildman–Crippen MR) is 79.7 cm³/mol. The summed E-state index contributed by atoms with van der Waals surface area (Å²) in [7, 11) is 0. The summed E-state index contributed by atoms with van der Waals surface area (Å²) >= 11 is 3.41. The summed E-state index contributed by atoms with van der Waals surface area (Å²) in [6.45, 7) is 6.14. The Kier molecular flexibility index (Phi) is 4.99. The second-order valence-electron chi connectivity index (χ2n) is 5.09. The van der Waals surface area contributed by atoms with Crippen LogP contribution in [0.2, 0.25) is 0 Å². The van der Waals surface area contributed by atoms with E-state index in [2.05, 4.69) is 48.0 Å². The Morgan fingerprint density at radius 1 is 1.47 bits per heavy atom. The highest BCUT2D eigenvalue weighted by molar-refractivity contribution is 9.09. The normalized spacial score (nSPS) is 19.5. The molecule has 1 aromatic carbocycles. The zero-order valence-corrected chi connectivity index (χ0v) is 13.1. The fraction of sp³-hybridized carbons (Fsp3) is 0.533. The number of alkyl halides is 1. The molecule has 3 nitrogen and oxygen atoms in total. The van der Waals surface area contributed by atoms with Crippen LogP contribution in [0.1, 0.15) is 16.7 Å². The van der Waals surface area contributed by atoms with Crippen molar-refractivity contribution in [2.24, 2.45) is 0 Å². The summed E-state index contributed by atoms with van der Waals surface area (Å²) in [5.74, 6) is 0.197. The minimum atomic E-state index is 0.122. The second kappa shape index (κ2) is 6.53. The molecule has 0 radical (unpaired) electrons. The number of halogens is 1. The number of carbonyl (C=O) groups excluding carboxylic acids is 1. The average molecular weight is 326 g/mol. The number of benzene rings is 1. The van der Waals surface area contributed by atoms with E-state index in [4.69, 9.17) is 4.74 Å². The van der Waals surface area contributed by atoms with E-state index in [1.807, 2.05) is 4.90 Å². The number of ether oxygens (including phenoxy) is 1. The molecule has 0 bridgehead atoms. The van der Waals surface area contributed by atoms with E-state index >= 15 is 0 Å². The highest BCUT2D eigenvalue weighted by atomic mass is 79.9. The van der Waals surface area contributed by atoms with Gasteiger partial charge in [0.2, 0.25) is 5.91 Å². The molecule has 1 aromatic rings. The third-order valence-electron chi connectivity index (χ3n) is 3.51. The van der Waals surface area contributed by atoms with Crippen LogP contribution in [0.4, 0.5) is 0 Å². The maximum Gasteiger partial charge on any atom is 0.227 e. The zero-order valence-electron chi connectivity index (χ0n) is 11.5. The largest absolute Gasteiger partial charge is 0.374 e. The number of amides is 1. The van der Waals surface area contributed by atoms with E-state index < -0.39 is 0 Å². The number of rotatable bonds is 3. The van der Waals surface area contributed by atoms with E-state index in [9.17, 15) is 4.79 Å². The van der Waals surface area contributed by atoms with Crippen molar-refractivity contribution in [2.75, 3.05) is 25.0 Å². The Bertz CT molecular complexity index is 461. The average Bonchev–Trinajstić information content (AvgIpc) is 2.43. The van der Waals surface area contributed by atoms with Gasteiger partial charge in [-0.1, -0.05) is 39.7 Å². The molecule has 1 amide bonds. The van der Waals surface area contributed by atoms with Crippen LogP contribution < -0.4 is 0 Å². The third-order valence-corrected chi connectivity index (χ3v) is 4.23. The van der Waals surface area contributed by atoms with Crippen LogP contribution in [-0.4, -0.2) is 41.9 Å². The van der Waals surface area contributed by atoms with E-state index in [1.165, 1.54) is 11.1 Å². The molecule has 0 spiro atoms. The predicted octanol–water partition coefficient (Wildman–Crippen LogP) is 2.47. The van der Waals surface area contributed by atoms with Crippen molar-refractivity contribution in [1.82, 2.24) is 4.90 Å². The van der Waals surface area contributed by atoms with Gasteiger partial charge in [0.25, 0.3) is 0 Å². The number of aryl methyl sites for hydroxylation is 2. The molecule has 1 unspecified atom stereocenters. The minimum Gasteiger partial charge on any atom is -0.374 e. The zero-order chi connectivity index (χ0) is 13.8. The molecule has 1 fully saturated rings. The molecule has 0 aromatic heterocycles. The lowest BCUT2D eigenvalue weighted by molar-refractivity contribution is -0.137. The minimum absolute atomic E-state index is 0.122. The highest BCUT2D eigenvalue weighted by Crippen LogP contribution is 2.14. The van der Waals surface area contributed by atoms with Gasteiger partial charge in [-0.2, -0.15) is 0 Å². The van der Waals surface area contributed by atoms with Crippen molar-refractivity contribution in [1.29, 1.82) is 0 Å². The first kappa shape index (κ1) is 14.5. The van der Waals surface area contributed by atoms with E-state index in [0.717, 1.165) is 10.9 Å². The molecule has 0 aliphatic carbocycles. The molecule has 1 atom stereocenters. The number of nitrogens with zero attached hydrogens (tertiary/aromatic N) is 1. The SMILES string of the molecule is Cc1ccc(C)c(CC(=O)N2CCOC(CBr)C2)c1. The van der Waals surface area contributed by atoms with Crippen LogP contribution in [-0.2, 0) is 16.0 Å². The standard InChI is InChI=1S/C15H20BrNO2/c1-11-3-4-12(2)13(7-11)8-15(18)17-5-6-19-14(9-16)10-17/h3-4,7,14H,5-6,8-10H2,1-2H3. The smallest absolute Gasteiger partial charge is 0.227 e. The third kappa shape index (κ3) is 3.80. The summed E-state index contributed by atoms with van der Waals surface area (Å²) in [6.07, 6.45) is 0.610. The van der Waals surface area contributed by atoms with Crippen LogP contribution in [0.5, 0.6) is 0 Å². The lowest BCUT2D eigenvalue weighted by Crippen LogP contribution is -2.46. The first-order chi connectivity index (χ1) is 9.10. The van der Waals surface area contributed by atoms with Gasteiger partial charge < -0.3 is 9.64 Å². The van der Waals surface area contributed by atoms with E-state index in [-0.39, 0.29) is 12.0 Å². The van der Waals surface area contributed by atoms with Crippen LogP contribution in [0, 0.1) is 13.8 Å². The van der Waals surface area contributed by atoms with E-state index in [1.54, 1.807) is 0 Å². The summed E-state index contributed by atoms with van der Waals surface area (Å²) in [4.78, 5) is 14.3. The van der Waals surface area contributed by atoms with Crippen LogP contribution >= 0.6 is 15.9 Å². The molecule has 1 aliphatic heterocycles.